The topological polar surface area (TPSA) is 153 Å². The molecule has 0 saturated carbocycles. The van der Waals surface area contributed by atoms with Crippen molar-refractivity contribution < 1.29 is 23.6 Å². The number of fused-ring (bicyclic) bond motifs is 1. The minimum atomic E-state index is -2.30. The highest BCUT2D eigenvalue weighted by Gasteiger charge is 2.18. The summed E-state index contributed by atoms with van der Waals surface area (Å²) in [4.78, 5) is 38.2. The van der Waals surface area contributed by atoms with Crippen LogP contribution in [0.1, 0.15) is 58.3 Å². The molecule has 6 aromatic rings. The first-order chi connectivity index (χ1) is 28.9. The number of nitrogens with one attached hydrogen (secondary N) is 3. The third kappa shape index (κ3) is 10.8. The van der Waals surface area contributed by atoms with E-state index in [4.69, 9.17) is 21.0 Å². The molecule has 0 aliphatic carbocycles. The lowest BCUT2D eigenvalue weighted by molar-refractivity contribution is 0.0383. The number of carbonyl (C=O) groups excluding carboxylic acids is 2. The summed E-state index contributed by atoms with van der Waals surface area (Å²) in [7, 11) is -2.30. The van der Waals surface area contributed by atoms with Gasteiger partial charge in [0.05, 0.1) is 37.4 Å². The SMILES string of the molecule is C#Cc1cc(Cc2nccc(Oc3ccc(NC(=O)Nc4cc(C(C)C)nn4-c4cccc(CP(C)(C)=O)c4)c4ccccc34)n2)cc(C(=O)NCCN2CCOCC2)c1. The van der Waals surface area contributed by atoms with Gasteiger partial charge in [0, 0.05) is 79.0 Å². The number of terminal acetylenes is 1. The predicted molar refractivity (Wildman–Crippen MR) is 236 cm³/mol. The van der Waals surface area contributed by atoms with E-state index in [0.717, 1.165) is 52.9 Å². The summed E-state index contributed by atoms with van der Waals surface area (Å²) >= 11 is 0. The Kier molecular flexibility index (Phi) is 13.1. The minimum Gasteiger partial charge on any atom is -0.438 e. The number of urea groups is 1. The fourth-order valence-electron chi connectivity index (χ4n) is 7.01. The molecule has 4 aromatic carbocycles. The molecule has 1 aliphatic heterocycles. The number of carbonyl (C=O) groups is 2. The number of anilines is 2. The standard InChI is InChI=1S/C46H49N8O5P/c1-6-32-24-34(26-35(25-32)45(55)48-18-19-53-20-22-58-23-21-53)28-42-47-17-16-44(50-42)59-41-15-14-39(37-12-7-8-13-38(37)41)49-46(56)51-43-29-40(31(2)3)52-54(43)36-11-9-10-33(27-36)30-60(4,5)57/h1,7-17,24-27,29,31H,18-23,28,30H2,2-5H3,(H,48,55)(H2,49,51,56). The first-order valence-corrected chi connectivity index (χ1v) is 22.7. The number of nitrogens with zero attached hydrogens (tertiary/aromatic N) is 5. The molecule has 2 aromatic heterocycles. The Hall–Kier alpha value is -6.32. The van der Waals surface area contributed by atoms with Crippen molar-refractivity contribution in [3.8, 4) is 29.7 Å². The van der Waals surface area contributed by atoms with Crippen LogP contribution in [-0.2, 0) is 21.9 Å². The van der Waals surface area contributed by atoms with Gasteiger partial charge in [-0.25, -0.2) is 14.5 Å². The van der Waals surface area contributed by atoms with Gasteiger partial charge in [-0.1, -0.05) is 56.2 Å². The minimum absolute atomic E-state index is 0.119. The lowest BCUT2D eigenvalue weighted by Gasteiger charge is -2.26. The first kappa shape index (κ1) is 41.8. The van der Waals surface area contributed by atoms with Gasteiger partial charge in [0.25, 0.3) is 5.91 Å². The van der Waals surface area contributed by atoms with E-state index >= 15 is 0 Å². The number of benzene rings is 4. The Morgan fingerprint density at radius 1 is 0.933 bits per heavy atom. The van der Waals surface area contributed by atoms with Crippen LogP contribution in [0.3, 0.4) is 0 Å². The molecule has 0 unspecified atom stereocenters. The van der Waals surface area contributed by atoms with E-state index in [0.29, 0.717) is 72.4 Å². The monoisotopic (exact) mass is 824 g/mol. The normalized spacial score (nSPS) is 13.2. The fraction of sp³-hybridized carbons (Fsp3) is 0.283. The molecule has 3 N–H and O–H groups in total. The molecule has 308 valence electrons. The van der Waals surface area contributed by atoms with Crippen LogP contribution >= 0.6 is 7.14 Å². The molecule has 13 nitrogen and oxygen atoms in total. The van der Waals surface area contributed by atoms with E-state index in [1.807, 2.05) is 80.6 Å². The second-order valence-corrected chi connectivity index (χ2v) is 19.0. The lowest BCUT2D eigenvalue weighted by Crippen LogP contribution is -2.41. The molecule has 3 heterocycles. The van der Waals surface area contributed by atoms with Crippen molar-refractivity contribution in [2.45, 2.75) is 32.3 Å². The van der Waals surface area contributed by atoms with Crippen LogP contribution in [0.4, 0.5) is 16.3 Å². The molecule has 0 atom stereocenters. The maximum Gasteiger partial charge on any atom is 0.324 e. The van der Waals surface area contributed by atoms with Gasteiger partial charge in [-0.3, -0.25) is 15.0 Å². The Balaban J connectivity index is 1.05. The number of hydrogen-bond donors (Lipinski definition) is 3. The van der Waals surface area contributed by atoms with Crippen molar-refractivity contribution in [3.63, 3.8) is 0 Å². The summed E-state index contributed by atoms with van der Waals surface area (Å²) in [6.07, 6.45) is 8.19. The van der Waals surface area contributed by atoms with Crippen LogP contribution in [0.25, 0.3) is 16.5 Å². The molecule has 3 amide bonds. The summed E-state index contributed by atoms with van der Waals surface area (Å²) in [5.74, 6) is 4.43. The van der Waals surface area contributed by atoms with Crippen molar-refractivity contribution in [2.24, 2.45) is 0 Å². The highest BCUT2D eigenvalue weighted by atomic mass is 31.2. The summed E-state index contributed by atoms with van der Waals surface area (Å²) in [6.45, 7) is 12.0. The van der Waals surface area contributed by atoms with Gasteiger partial charge in [-0.15, -0.1) is 6.42 Å². The van der Waals surface area contributed by atoms with Gasteiger partial charge in [-0.05, 0) is 72.8 Å². The lowest BCUT2D eigenvalue weighted by atomic mass is 10.0. The number of hydrogen-bond acceptors (Lipinski definition) is 9. The van der Waals surface area contributed by atoms with Gasteiger partial charge in [0.15, 0.2) is 0 Å². The average molecular weight is 825 g/mol. The van der Waals surface area contributed by atoms with Gasteiger partial charge >= 0.3 is 6.03 Å². The molecule has 7 rings (SSSR count). The second-order valence-electron chi connectivity index (χ2n) is 15.5. The zero-order valence-electron chi connectivity index (χ0n) is 34.3. The van der Waals surface area contributed by atoms with Crippen molar-refractivity contribution in [3.05, 3.63) is 131 Å². The maximum absolute atomic E-state index is 13.6. The second kappa shape index (κ2) is 18.7. The van der Waals surface area contributed by atoms with Crippen molar-refractivity contribution in [2.75, 3.05) is 63.4 Å². The van der Waals surface area contributed by atoms with Gasteiger partial charge < -0.3 is 24.7 Å². The van der Waals surface area contributed by atoms with Crippen molar-refractivity contribution >= 4 is 41.4 Å². The Morgan fingerprint density at radius 2 is 1.73 bits per heavy atom. The smallest absolute Gasteiger partial charge is 0.324 e. The maximum atomic E-state index is 13.6. The van der Waals surface area contributed by atoms with Crippen LogP contribution in [0.2, 0.25) is 0 Å². The van der Waals surface area contributed by atoms with Crippen LogP contribution < -0.4 is 20.7 Å². The summed E-state index contributed by atoms with van der Waals surface area (Å²) < 4.78 is 26.0. The Morgan fingerprint density at radius 3 is 2.50 bits per heavy atom. The van der Waals surface area contributed by atoms with Crippen LogP contribution in [0, 0.1) is 12.3 Å². The summed E-state index contributed by atoms with van der Waals surface area (Å²) in [5.41, 5.74) is 4.94. The summed E-state index contributed by atoms with van der Waals surface area (Å²) in [5, 5.41) is 15.3. The number of amides is 3. The zero-order chi connectivity index (χ0) is 42.2. The molecule has 60 heavy (non-hydrogen) atoms. The van der Waals surface area contributed by atoms with E-state index in [9.17, 15) is 14.2 Å². The highest BCUT2D eigenvalue weighted by Crippen LogP contribution is 2.41. The zero-order valence-corrected chi connectivity index (χ0v) is 35.2. The molecule has 0 spiro atoms. The van der Waals surface area contributed by atoms with E-state index in [-0.39, 0.29) is 11.8 Å². The van der Waals surface area contributed by atoms with Crippen LogP contribution in [0.5, 0.6) is 11.6 Å². The molecule has 1 saturated heterocycles. The number of morpholine rings is 1. The molecular formula is C46H49N8O5P. The van der Waals surface area contributed by atoms with Crippen molar-refractivity contribution in [1.29, 1.82) is 0 Å². The van der Waals surface area contributed by atoms with E-state index in [1.165, 1.54) is 0 Å². The highest BCUT2D eigenvalue weighted by molar-refractivity contribution is 7.61. The van der Waals surface area contributed by atoms with E-state index in [2.05, 4.69) is 36.7 Å². The Labute approximate surface area is 350 Å². The predicted octanol–water partition coefficient (Wildman–Crippen LogP) is 8.13. The molecule has 14 heteroatoms. The molecule has 0 bridgehead atoms. The number of ether oxygens (including phenoxy) is 2. The summed E-state index contributed by atoms with van der Waals surface area (Å²) in [6, 6.07) is 27.4. The number of rotatable bonds is 14. The van der Waals surface area contributed by atoms with Crippen LogP contribution in [0.15, 0.2) is 97.2 Å². The van der Waals surface area contributed by atoms with E-state index < -0.39 is 13.2 Å². The third-order valence-corrected chi connectivity index (χ3v) is 11.0. The number of aromatic nitrogens is 4. The molecule has 1 aliphatic rings. The van der Waals surface area contributed by atoms with Crippen LogP contribution in [-0.4, -0.2) is 89.3 Å². The van der Waals surface area contributed by atoms with Gasteiger partial charge in [0.1, 0.15) is 17.4 Å². The molecule has 0 radical (unpaired) electrons. The first-order valence-electron chi connectivity index (χ1n) is 19.9. The van der Waals surface area contributed by atoms with Gasteiger partial charge in [0.2, 0.25) is 5.88 Å². The molecular weight excluding hydrogens is 776 g/mol. The van der Waals surface area contributed by atoms with E-state index in [1.54, 1.807) is 48.5 Å². The van der Waals surface area contributed by atoms with Crippen molar-refractivity contribution in [1.82, 2.24) is 30.0 Å². The third-order valence-electron chi connectivity index (χ3n) is 9.91. The fourth-order valence-corrected chi connectivity index (χ4v) is 8.09. The largest absolute Gasteiger partial charge is 0.438 e. The quantitative estimate of drug-likeness (QED) is 0.0730. The van der Waals surface area contributed by atoms with Gasteiger partial charge in [-0.2, -0.15) is 10.1 Å². The molecule has 1 fully saturated rings. The Bertz CT molecular complexity index is 2610. The average Bonchev–Trinajstić information content (AvgIpc) is 3.65.